The number of nitrogens with two attached hydrogens (primary N) is 1. The predicted molar refractivity (Wildman–Crippen MR) is 67.0 cm³/mol. The molecule has 6 nitrogen and oxygen atoms in total. The summed E-state index contributed by atoms with van der Waals surface area (Å²) < 4.78 is 5.40. The van der Waals surface area contributed by atoms with Gasteiger partial charge in [-0.1, -0.05) is 12.1 Å². The minimum atomic E-state index is -0.851. The number of nitrogens with one attached hydrogen (secondary N) is 2. The van der Waals surface area contributed by atoms with Crippen LogP contribution in [0.2, 0.25) is 0 Å². The number of carbonyl (C=O) groups is 2. The highest BCUT2D eigenvalue weighted by Gasteiger charge is 2.04. The highest BCUT2D eigenvalue weighted by Crippen LogP contribution is 2.13. The minimum absolute atomic E-state index is 0.0825. The van der Waals surface area contributed by atoms with Crippen molar-refractivity contribution in [3.63, 3.8) is 0 Å². The van der Waals surface area contributed by atoms with Crippen molar-refractivity contribution in [1.82, 2.24) is 10.6 Å². The molecule has 1 aromatic carbocycles. The van der Waals surface area contributed by atoms with Gasteiger partial charge in [-0.3, -0.25) is 10.1 Å². The summed E-state index contributed by atoms with van der Waals surface area (Å²) in [5.74, 6) is 0.239. The van der Waals surface area contributed by atoms with E-state index in [1.807, 2.05) is 36.6 Å². The van der Waals surface area contributed by atoms with E-state index in [1.165, 1.54) is 0 Å². The lowest BCUT2D eigenvalue weighted by Gasteiger charge is -2.07. The molecule has 1 rings (SSSR count). The molecule has 0 fully saturated rings. The van der Waals surface area contributed by atoms with Gasteiger partial charge in [-0.05, 0) is 24.7 Å². The molecule has 3 amide bonds. The van der Waals surface area contributed by atoms with E-state index in [-0.39, 0.29) is 13.0 Å². The lowest BCUT2D eigenvalue weighted by molar-refractivity contribution is -0.120. The summed E-state index contributed by atoms with van der Waals surface area (Å²) in [7, 11) is 1.86. The Balaban J connectivity index is 2.37. The molecule has 0 aromatic heterocycles. The van der Waals surface area contributed by atoms with Crippen molar-refractivity contribution < 1.29 is 14.3 Å². The van der Waals surface area contributed by atoms with Crippen LogP contribution < -0.4 is 21.1 Å². The topological polar surface area (TPSA) is 93.4 Å². The van der Waals surface area contributed by atoms with Gasteiger partial charge in [-0.15, -0.1) is 0 Å². The highest BCUT2D eigenvalue weighted by atomic mass is 16.5. The van der Waals surface area contributed by atoms with Gasteiger partial charge in [0.25, 0.3) is 0 Å². The van der Waals surface area contributed by atoms with Crippen LogP contribution in [-0.2, 0) is 11.3 Å². The van der Waals surface area contributed by atoms with Crippen LogP contribution >= 0.6 is 0 Å². The van der Waals surface area contributed by atoms with Crippen LogP contribution in [0.4, 0.5) is 4.79 Å². The van der Waals surface area contributed by atoms with Crippen molar-refractivity contribution in [2.75, 3.05) is 13.7 Å². The number of amides is 3. The zero-order chi connectivity index (χ0) is 13.4. The van der Waals surface area contributed by atoms with E-state index in [2.05, 4.69) is 5.32 Å². The number of imide groups is 1. The molecule has 0 aliphatic heterocycles. The van der Waals surface area contributed by atoms with Gasteiger partial charge in [0.1, 0.15) is 5.75 Å². The first-order valence-corrected chi connectivity index (χ1v) is 5.57. The summed E-state index contributed by atoms with van der Waals surface area (Å²) in [6, 6.07) is 6.71. The number of ether oxygens (including phenoxy) is 1. The largest absolute Gasteiger partial charge is 0.493 e. The van der Waals surface area contributed by atoms with Crippen molar-refractivity contribution in [2.24, 2.45) is 5.73 Å². The van der Waals surface area contributed by atoms with Crippen LogP contribution in [0.25, 0.3) is 0 Å². The molecular formula is C12H17N3O3. The Hall–Kier alpha value is -2.08. The predicted octanol–water partition coefficient (Wildman–Crippen LogP) is 0.370. The first-order valence-electron chi connectivity index (χ1n) is 5.57. The third-order valence-electron chi connectivity index (χ3n) is 2.14. The first-order chi connectivity index (χ1) is 8.61. The average molecular weight is 251 g/mol. The molecule has 0 saturated heterocycles. The maximum Gasteiger partial charge on any atom is 0.318 e. The van der Waals surface area contributed by atoms with Crippen LogP contribution in [0.3, 0.4) is 0 Å². The summed E-state index contributed by atoms with van der Waals surface area (Å²) >= 11 is 0. The van der Waals surface area contributed by atoms with E-state index >= 15 is 0 Å². The molecule has 0 unspecified atom stereocenters. The fourth-order valence-electron chi connectivity index (χ4n) is 1.41. The molecule has 98 valence electrons. The first kappa shape index (κ1) is 14.0. The summed E-state index contributed by atoms with van der Waals surface area (Å²) in [5.41, 5.74) is 5.90. The zero-order valence-corrected chi connectivity index (χ0v) is 10.2. The number of hydrogen-bond acceptors (Lipinski definition) is 4. The molecule has 0 atom stereocenters. The Morgan fingerprint density at radius 3 is 2.83 bits per heavy atom. The van der Waals surface area contributed by atoms with Gasteiger partial charge < -0.3 is 15.8 Å². The second kappa shape index (κ2) is 7.29. The fourth-order valence-corrected chi connectivity index (χ4v) is 1.41. The Morgan fingerprint density at radius 2 is 2.17 bits per heavy atom. The normalized spacial score (nSPS) is 9.83. The molecule has 0 aliphatic rings. The maximum atomic E-state index is 11.1. The third-order valence-corrected chi connectivity index (χ3v) is 2.14. The van der Waals surface area contributed by atoms with E-state index in [4.69, 9.17) is 10.5 Å². The highest BCUT2D eigenvalue weighted by molar-refractivity contribution is 5.93. The van der Waals surface area contributed by atoms with Crippen LogP contribution in [0.1, 0.15) is 12.0 Å². The molecule has 18 heavy (non-hydrogen) atoms. The van der Waals surface area contributed by atoms with Crippen molar-refractivity contribution in [2.45, 2.75) is 13.0 Å². The second-order valence-electron chi connectivity index (χ2n) is 3.69. The molecule has 0 spiro atoms. The van der Waals surface area contributed by atoms with E-state index in [0.29, 0.717) is 5.75 Å². The van der Waals surface area contributed by atoms with Crippen molar-refractivity contribution in [3.8, 4) is 5.75 Å². The molecule has 0 radical (unpaired) electrons. The van der Waals surface area contributed by atoms with E-state index in [0.717, 1.165) is 12.1 Å². The number of rotatable bonds is 6. The van der Waals surface area contributed by atoms with Crippen molar-refractivity contribution in [1.29, 1.82) is 0 Å². The van der Waals surface area contributed by atoms with E-state index < -0.39 is 11.9 Å². The van der Waals surface area contributed by atoms with Crippen LogP contribution in [0.5, 0.6) is 5.75 Å². The number of carbonyl (C=O) groups excluding carboxylic acids is 2. The summed E-state index contributed by atoms with van der Waals surface area (Å²) in [5, 5.41) is 5.01. The number of primary amides is 1. The number of hydrogen-bond donors (Lipinski definition) is 3. The lowest BCUT2D eigenvalue weighted by atomic mass is 10.2. The van der Waals surface area contributed by atoms with E-state index in [1.54, 1.807) is 0 Å². The van der Waals surface area contributed by atoms with Gasteiger partial charge in [0.15, 0.2) is 0 Å². The van der Waals surface area contributed by atoms with Crippen molar-refractivity contribution >= 4 is 11.9 Å². The molecular weight excluding hydrogens is 234 g/mol. The number of benzene rings is 1. The van der Waals surface area contributed by atoms with Gasteiger partial charge >= 0.3 is 6.03 Å². The van der Waals surface area contributed by atoms with Crippen LogP contribution in [0.15, 0.2) is 24.3 Å². The van der Waals surface area contributed by atoms with Gasteiger partial charge in [0, 0.05) is 6.54 Å². The summed E-state index contributed by atoms with van der Waals surface area (Å²) in [6.45, 7) is 0.946. The van der Waals surface area contributed by atoms with Crippen LogP contribution in [0, 0.1) is 0 Å². The Kier molecular flexibility index (Phi) is 5.66. The molecule has 0 aliphatic carbocycles. The number of urea groups is 1. The van der Waals surface area contributed by atoms with Gasteiger partial charge in [0.05, 0.1) is 13.0 Å². The third kappa shape index (κ3) is 5.31. The molecule has 0 saturated carbocycles. The average Bonchev–Trinajstić information content (AvgIpc) is 2.29. The van der Waals surface area contributed by atoms with Gasteiger partial charge in [0.2, 0.25) is 5.91 Å². The Morgan fingerprint density at radius 1 is 1.39 bits per heavy atom. The van der Waals surface area contributed by atoms with Crippen molar-refractivity contribution in [3.05, 3.63) is 29.8 Å². The summed E-state index contributed by atoms with van der Waals surface area (Å²) in [6.07, 6.45) is 0.0825. The summed E-state index contributed by atoms with van der Waals surface area (Å²) in [4.78, 5) is 21.5. The quantitative estimate of drug-likeness (QED) is 0.681. The molecule has 4 N–H and O–H groups in total. The zero-order valence-electron chi connectivity index (χ0n) is 10.2. The Labute approximate surface area is 105 Å². The Bertz CT molecular complexity index is 421. The molecule has 6 heteroatoms. The molecule has 1 aromatic rings. The van der Waals surface area contributed by atoms with Crippen LogP contribution in [-0.4, -0.2) is 25.6 Å². The van der Waals surface area contributed by atoms with Gasteiger partial charge in [-0.2, -0.15) is 0 Å². The smallest absolute Gasteiger partial charge is 0.318 e. The standard InChI is InChI=1S/C12H17N3O3/c1-14-8-9-3-2-4-10(7-9)18-6-5-11(16)15-12(13)17/h2-4,7,14H,5-6,8H2,1H3,(H3,13,15,16,17). The monoisotopic (exact) mass is 251 g/mol. The maximum absolute atomic E-state index is 11.1. The lowest BCUT2D eigenvalue weighted by Crippen LogP contribution is -2.35. The fraction of sp³-hybridized carbons (Fsp3) is 0.333. The van der Waals surface area contributed by atoms with Gasteiger partial charge in [-0.25, -0.2) is 4.79 Å². The molecule has 0 bridgehead atoms. The van der Waals surface area contributed by atoms with E-state index in [9.17, 15) is 9.59 Å². The second-order valence-corrected chi connectivity index (χ2v) is 3.69. The molecule has 0 heterocycles. The SMILES string of the molecule is CNCc1cccc(OCCC(=O)NC(N)=O)c1. The minimum Gasteiger partial charge on any atom is -0.493 e.